The predicted octanol–water partition coefficient (Wildman–Crippen LogP) is 4.02. The molecule has 92 valence electrons. The van der Waals surface area contributed by atoms with E-state index in [9.17, 15) is 4.91 Å². The lowest BCUT2D eigenvalue weighted by atomic mass is 10.2. The number of nitroso groups, excluding NO2 is 1. The molecule has 0 bridgehead atoms. The zero-order valence-corrected chi connectivity index (χ0v) is 10.00. The summed E-state index contributed by atoms with van der Waals surface area (Å²) >= 11 is 0. The van der Waals surface area contributed by atoms with Gasteiger partial charge >= 0.3 is 0 Å². The quantitative estimate of drug-likeness (QED) is 0.745. The first-order valence-electron chi connectivity index (χ1n) is 5.51. The number of benzene rings is 2. The molecule has 0 N–H and O–H groups in total. The molecule has 0 saturated carbocycles. The number of ether oxygens (including phenoxy) is 2. The van der Waals surface area contributed by atoms with Crippen LogP contribution in [0.25, 0.3) is 0 Å². The molecule has 0 aliphatic carbocycles. The third-order valence-electron chi connectivity index (χ3n) is 2.42. The highest BCUT2D eigenvalue weighted by Crippen LogP contribution is 2.29. The summed E-state index contributed by atoms with van der Waals surface area (Å²) in [7, 11) is 1.59. The molecule has 0 radical (unpaired) electrons. The summed E-state index contributed by atoms with van der Waals surface area (Å²) in [5.74, 6) is 1.40. The lowest BCUT2D eigenvalue weighted by Gasteiger charge is -2.10. The Bertz CT molecular complexity index is 526. The minimum Gasteiger partial charge on any atom is -0.457 e. The van der Waals surface area contributed by atoms with E-state index in [0.717, 1.165) is 11.3 Å². The normalized spacial score (nSPS) is 10.1. The molecule has 0 atom stereocenters. The molecule has 0 aliphatic heterocycles. The number of hydrogen-bond acceptors (Lipinski definition) is 4. The second kappa shape index (κ2) is 5.93. The van der Waals surface area contributed by atoms with Crippen LogP contribution in [0, 0.1) is 4.91 Å². The highest BCUT2D eigenvalue weighted by Gasteiger charge is 2.06. The van der Waals surface area contributed by atoms with Gasteiger partial charge < -0.3 is 9.47 Å². The third-order valence-corrected chi connectivity index (χ3v) is 2.42. The first-order chi connectivity index (χ1) is 8.83. The Balaban J connectivity index is 2.29. The SMILES string of the molecule is COCc1cc(N=O)ccc1Oc1ccccc1. The largest absolute Gasteiger partial charge is 0.457 e. The van der Waals surface area contributed by atoms with Crippen LogP contribution in [-0.2, 0) is 11.3 Å². The molecule has 2 rings (SSSR count). The van der Waals surface area contributed by atoms with Crippen molar-refractivity contribution in [3.63, 3.8) is 0 Å². The van der Waals surface area contributed by atoms with Gasteiger partial charge in [0.15, 0.2) is 0 Å². The highest BCUT2D eigenvalue weighted by molar-refractivity contribution is 5.48. The number of para-hydroxylation sites is 1. The van der Waals surface area contributed by atoms with E-state index >= 15 is 0 Å². The van der Waals surface area contributed by atoms with Gasteiger partial charge in [0.25, 0.3) is 0 Å². The topological polar surface area (TPSA) is 47.9 Å². The van der Waals surface area contributed by atoms with E-state index in [1.54, 1.807) is 25.3 Å². The Morgan fingerprint density at radius 1 is 1.11 bits per heavy atom. The maximum absolute atomic E-state index is 10.5. The van der Waals surface area contributed by atoms with Gasteiger partial charge in [-0.2, -0.15) is 0 Å². The van der Waals surface area contributed by atoms with Crippen molar-refractivity contribution in [3.05, 3.63) is 59.0 Å². The van der Waals surface area contributed by atoms with Gasteiger partial charge in [-0.05, 0) is 35.5 Å². The lowest BCUT2D eigenvalue weighted by molar-refractivity contribution is 0.182. The van der Waals surface area contributed by atoms with E-state index in [4.69, 9.17) is 9.47 Å². The molecule has 0 unspecified atom stereocenters. The molecular formula is C14H13NO3. The van der Waals surface area contributed by atoms with Crippen molar-refractivity contribution in [1.29, 1.82) is 0 Å². The maximum atomic E-state index is 10.5. The summed E-state index contributed by atoms with van der Waals surface area (Å²) in [6, 6.07) is 14.4. The van der Waals surface area contributed by atoms with Crippen LogP contribution < -0.4 is 4.74 Å². The summed E-state index contributed by atoms with van der Waals surface area (Å²) in [6.07, 6.45) is 0. The second-order valence-corrected chi connectivity index (χ2v) is 3.73. The first kappa shape index (κ1) is 12.3. The second-order valence-electron chi connectivity index (χ2n) is 3.73. The lowest BCUT2D eigenvalue weighted by Crippen LogP contribution is -1.93. The van der Waals surface area contributed by atoms with Crippen molar-refractivity contribution in [3.8, 4) is 11.5 Å². The van der Waals surface area contributed by atoms with Gasteiger partial charge in [-0.25, -0.2) is 0 Å². The fourth-order valence-electron chi connectivity index (χ4n) is 1.61. The Kier molecular flexibility index (Phi) is 4.04. The van der Waals surface area contributed by atoms with Crippen molar-refractivity contribution < 1.29 is 9.47 Å². The van der Waals surface area contributed by atoms with E-state index in [1.807, 2.05) is 30.3 Å². The van der Waals surface area contributed by atoms with Gasteiger partial charge in [0.2, 0.25) is 0 Å². The molecule has 0 saturated heterocycles. The Morgan fingerprint density at radius 3 is 2.56 bits per heavy atom. The minimum atomic E-state index is 0.363. The molecule has 4 nitrogen and oxygen atoms in total. The Labute approximate surface area is 105 Å². The van der Waals surface area contributed by atoms with E-state index < -0.39 is 0 Å². The zero-order valence-electron chi connectivity index (χ0n) is 10.00. The third kappa shape index (κ3) is 2.93. The van der Waals surface area contributed by atoms with Gasteiger partial charge in [-0.1, -0.05) is 18.2 Å². The fraction of sp³-hybridized carbons (Fsp3) is 0.143. The molecule has 0 amide bonds. The van der Waals surface area contributed by atoms with E-state index in [0.29, 0.717) is 18.0 Å². The Morgan fingerprint density at radius 2 is 1.89 bits per heavy atom. The minimum absolute atomic E-state index is 0.363. The average molecular weight is 243 g/mol. The molecule has 2 aromatic carbocycles. The van der Waals surface area contributed by atoms with Crippen LogP contribution >= 0.6 is 0 Å². The predicted molar refractivity (Wildman–Crippen MR) is 69.1 cm³/mol. The molecule has 0 aliphatic rings. The number of nitrogens with zero attached hydrogens (tertiary/aromatic N) is 1. The average Bonchev–Trinajstić information content (AvgIpc) is 2.42. The van der Waals surface area contributed by atoms with Crippen LogP contribution in [0.4, 0.5) is 5.69 Å². The summed E-state index contributed by atoms with van der Waals surface area (Å²) < 4.78 is 10.8. The van der Waals surface area contributed by atoms with E-state index in [-0.39, 0.29) is 0 Å². The van der Waals surface area contributed by atoms with Crippen LogP contribution in [-0.4, -0.2) is 7.11 Å². The monoisotopic (exact) mass is 243 g/mol. The number of methoxy groups -OCH3 is 1. The summed E-state index contributed by atoms with van der Waals surface area (Å²) in [4.78, 5) is 10.5. The number of rotatable bonds is 5. The zero-order chi connectivity index (χ0) is 12.8. The Hall–Kier alpha value is -2.20. The van der Waals surface area contributed by atoms with Crippen LogP contribution in [0.3, 0.4) is 0 Å². The van der Waals surface area contributed by atoms with Gasteiger partial charge in [-0.15, -0.1) is 4.91 Å². The maximum Gasteiger partial charge on any atom is 0.133 e. The van der Waals surface area contributed by atoms with Crippen LogP contribution in [0.15, 0.2) is 53.7 Å². The first-order valence-corrected chi connectivity index (χ1v) is 5.51. The summed E-state index contributed by atoms with van der Waals surface area (Å²) in [5.41, 5.74) is 1.15. The van der Waals surface area contributed by atoms with Crippen LogP contribution in [0.1, 0.15) is 5.56 Å². The van der Waals surface area contributed by atoms with E-state index in [2.05, 4.69) is 5.18 Å². The molecule has 0 heterocycles. The molecular weight excluding hydrogens is 230 g/mol. The molecule has 2 aromatic rings. The smallest absolute Gasteiger partial charge is 0.133 e. The van der Waals surface area contributed by atoms with Gasteiger partial charge in [0, 0.05) is 12.7 Å². The van der Waals surface area contributed by atoms with Crippen molar-refractivity contribution in [2.24, 2.45) is 5.18 Å². The van der Waals surface area contributed by atoms with Gasteiger partial charge in [0.1, 0.15) is 17.2 Å². The van der Waals surface area contributed by atoms with Gasteiger partial charge in [-0.3, -0.25) is 0 Å². The number of hydrogen-bond donors (Lipinski definition) is 0. The van der Waals surface area contributed by atoms with Crippen molar-refractivity contribution in [1.82, 2.24) is 0 Å². The molecule has 0 fully saturated rings. The molecule has 18 heavy (non-hydrogen) atoms. The summed E-state index contributed by atoms with van der Waals surface area (Å²) in [6.45, 7) is 0.367. The van der Waals surface area contributed by atoms with Crippen LogP contribution in [0.2, 0.25) is 0 Å². The van der Waals surface area contributed by atoms with E-state index in [1.165, 1.54) is 0 Å². The summed E-state index contributed by atoms with van der Waals surface area (Å²) in [5, 5.41) is 2.90. The van der Waals surface area contributed by atoms with Crippen molar-refractivity contribution >= 4 is 5.69 Å². The highest BCUT2D eigenvalue weighted by atomic mass is 16.5. The molecule has 0 aromatic heterocycles. The van der Waals surface area contributed by atoms with Crippen molar-refractivity contribution in [2.45, 2.75) is 6.61 Å². The van der Waals surface area contributed by atoms with Crippen LogP contribution in [0.5, 0.6) is 11.5 Å². The fourth-order valence-corrected chi connectivity index (χ4v) is 1.61. The molecule has 0 spiro atoms. The standard InChI is InChI=1S/C14H13NO3/c1-17-10-11-9-12(15-16)7-8-14(11)18-13-5-3-2-4-6-13/h2-9H,10H2,1H3. The van der Waals surface area contributed by atoms with Gasteiger partial charge in [0.05, 0.1) is 6.61 Å². The van der Waals surface area contributed by atoms with Crippen molar-refractivity contribution in [2.75, 3.05) is 7.11 Å². The molecule has 4 heteroatoms.